The van der Waals surface area contributed by atoms with E-state index in [2.05, 4.69) is 15.3 Å². The lowest BCUT2D eigenvalue weighted by Crippen LogP contribution is -2.31. The number of hydrogen-bond donors (Lipinski definition) is 4. The Bertz CT molecular complexity index is 1140. The number of rotatable bonds is 2. The molecule has 4 rings (SSSR count). The number of nitrogens with two attached hydrogens (primary N) is 1. The summed E-state index contributed by atoms with van der Waals surface area (Å²) in [5.41, 5.74) is 10.8. The number of aromatic amines is 1. The van der Waals surface area contributed by atoms with E-state index in [-0.39, 0.29) is 11.7 Å². The molecule has 162 valence electrons. The minimum atomic E-state index is -5.08. The van der Waals surface area contributed by atoms with E-state index in [1.54, 1.807) is 18.3 Å². The topological polar surface area (TPSA) is 121 Å². The minimum Gasteiger partial charge on any atom is -0.475 e. The van der Waals surface area contributed by atoms with Crippen molar-refractivity contribution in [1.82, 2.24) is 15.3 Å². The summed E-state index contributed by atoms with van der Waals surface area (Å²) in [4.78, 5) is 28.5. The average molecular weight is 436 g/mol. The first-order chi connectivity index (χ1) is 14.6. The number of amides is 1. The lowest BCUT2D eigenvalue weighted by atomic mass is 10.0. The lowest BCUT2D eigenvalue weighted by molar-refractivity contribution is -0.192. The maximum absolute atomic E-state index is 13.4. The molecular formula is C20H16F4N4O3. The first-order valence-electron chi connectivity index (χ1n) is 8.89. The normalized spacial score (nSPS) is 13.0. The van der Waals surface area contributed by atoms with Crippen molar-refractivity contribution in [3.63, 3.8) is 0 Å². The molecule has 11 heteroatoms. The van der Waals surface area contributed by atoms with E-state index in [1.807, 2.05) is 12.1 Å². The van der Waals surface area contributed by atoms with Gasteiger partial charge in [0.15, 0.2) is 0 Å². The second kappa shape index (κ2) is 8.46. The third kappa shape index (κ3) is 4.82. The number of hydrogen-bond acceptors (Lipinski definition) is 4. The summed E-state index contributed by atoms with van der Waals surface area (Å²) in [5.74, 6) is -3.23. The molecule has 2 aromatic heterocycles. The van der Waals surface area contributed by atoms with Gasteiger partial charge < -0.3 is 21.1 Å². The fraction of sp³-hybridized carbons (Fsp3) is 0.150. The number of pyridine rings is 1. The molecule has 0 atom stereocenters. The molecule has 0 aliphatic carbocycles. The molecular weight excluding hydrogens is 420 g/mol. The summed E-state index contributed by atoms with van der Waals surface area (Å²) < 4.78 is 45.2. The zero-order valence-corrected chi connectivity index (χ0v) is 15.8. The standard InChI is InChI=1S/C18H15FN4O.C2HF3O2/c19-12-3-1-2-10(8-12)14-9-11(4-6-21-14)17-16(20)15-13(23-17)5-7-22-18(15)24;3-2(4,5)1(6)7/h1-4,6,8-9,23H,5,7,20H2,(H,22,24);(H,6,7). The van der Waals surface area contributed by atoms with Crippen LogP contribution < -0.4 is 11.1 Å². The van der Waals surface area contributed by atoms with Gasteiger partial charge in [-0.15, -0.1) is 0 Å². The third-order valence-electron chi connectivity index (χ3n) is 4.42. The number of H-pyrrole nitrogens is 1. The predicted molar refractivity (Wildman–Crippen MR) is 104 cm³/mol. The fourth-order valence-corrected chi connectivity index (χ4v) is 3.02. The number of nitrogens with zero attached hydrogens (tertiary/aromatic N) is 1. The molecule has 5 N–H and O–H groups in total. The van der Waals surface area contributed by atoms with Crippen molar-refractivity contribution in [2.45, 2.75) is 12.6 Å². The number of aliphatic carboxylic acids is 1. The molecule has 3 heterocycles. The summed E-state index contributed by atoms with van der Waals surface area (Å²) in [6.07, 6.45) is -2.72. The third-order valence-corrected chi connectivity index (χ3v) is 4.42. The van der Waals surface area contributed by atoms with Crippen LogP contribution in [0.1, 0.15) is 16.1 Å². The molecule has 0 saturated heterocycles. The van der Waals surface area contributed by atoms with E-state index >= 15 is 0 Å². The Labute approximate surface area is 172 Å². The number of aromatic nitrogens is 2. The van der Waals surface area contributed by atoms with E-state index < -0.39 is 12.1 Å². The Hall–Kier alpha value is -3.89. The largest absolute Gasteiger partial charge is 0.490 e. The van der Waals surface area contributed by atoms with Crippen molar-refractivity contribution < 1.29 is 32.3 Å². The van der Waals surface area contributed by atoms with Crippen molar-refractivity contribution in [3.05, 3.63) is 59.7 Å². The number of halogens is 4. The summed E-state index contributed by atoms with van der Waals surface area (Å²) in [7, 11) is 0. The van der Waals surface area contributed by atoms with Crippen LogP contribution in [0.2, 0.25) is 0 Å². The smallest absolute Gasteiger partial charge is 0.475 e. The molecule has 0 spiro atoms. The van der Waals surface area contributed by atoms with Crippen LogP contribution in [0.5, 0.6) is 0 Å². The Morgan fingerprint density at radius 2 is 1.87 bits per heavy atom. The number of anilines is 1. The molecule has 0 fully saturated rings. The number of carbonyl (C=O) groups excluding carboxylic acids is 1. The molecule has 3 aromatic rings. The van der Waals surface area contributed by atoms with Crippen LogP contribution in [0.15, 0.2) is 42.6 Å². The molecule has 0 bridgehead atoms. The van der Waals surface area contributed by atoms with E-state index in [4.69, 9.17) is 15.6 Å². The number of carbonyl (C=O) groups is 2. The number of fused-ring (bicyclic) bond motifs is 1. The van der Waals surface area contributed by atoms with Gasteiger partial charge in [-0.25, -0.2) is 9.18 Å². The molecule has 1 amide bonds. The van der Waals surface area contributed by atoms with Crippen LogP contribution in [0.3, 0.4) is 0 Å². The van der Waals surface area contributed by atoms with Gasteiger partial charge in [-0.3, -0.25) is 9.78 Å². The van der Waals surface area contributed by atoms with Gasteiger partial charge in [0.25, 0.3) is 5.91 Å². The molecule has 1 aliphatic heterocycles. The highest BCUT2D eigenvalue weighted by molar-refractivity contribution is 6.04. The van der Waals surface area contributed by atoms with E-state index in [9.17, 15) is 22.4 Å². The van der Waals surface area contributed by atoms with Gasteiger partial charge in [0.05, 0.1) is 22.6 Å². The van der Waals surface area contributed by atoms with Crippen molar-refractivity contribution in [3.8, 4) is 22.5 Å². The van der Waals surface area contributed by atoms with Crippen molar-refractivity contribution in [1.29, 1.82) is 0 Å². The highest BCUT2D eigenvalue weighted by Crippen LogP contribution is 2.33. The van der Waals surface area contributed by atoms with Crippen LogP contribution >= 0.6 is 0 Å². The SMILES string of the molecule is Nc1c(-c2ccnc(-c3cccc(F)c3)c2)[nH]c2c1C(=O)NCC2.O=C(O)C(F)(F)F. The van der Waals surface area contributed by atoms with Gasteiger partial charge in [0.2, 0.25) is 0 Å². The number of carboxylic acid groups (broad SMARTS) is 1. The maximum Gasteiger partial charge on any atom is 0.490 e. The Morgan fingerprint density at radius 3 is 2.48 bits per heavy atom. The van der Waals surface area contributed by atoms with Crippen molar-refractivity contribution in [2.24, 2.45) is 0 Å². The zero-order valence-electron chi connectivity index (χ0n) is 15.8. The van der Waals surface area contributed by atoms with Crippen molar-refractivity contribution in [2.75, 3.05) is 12.3 Å². The van der Waals surface area contributed by atoms with Crippen LogP contribution in [-0.4, -0.2) is 39.7 Å². The number of nitrogens with one attached hydrogen (secondary N) is 2. The van der Waals surface area contributed by atoms with Gasteiger partial charge in [-0.2, -0.15) is 13.2 Å². The molecule has 1 aromatic carbocycles. The van der Waals surface area contributed by atoms with Crippen LogP contribution in [0, 0.1) is 5.82 Å². The van der Waals surface area contributed by atoms with Crippen LogP contribution in [0.25, 0.3) is 22.5 Å². The summed E-state index contributed by atoms with van der Waals surface area (Å²) in [6, 6.07) is 9.91. The second-order valence-corrected chi connectivity index (χ2v) is 6.52. The minimum absolute atomic E-state index is 0.157. The molecule has 0 unspecified atom stereocenters. The Balaban J connectivity index is 0.000000339. The lowest BCUT2D eigenvalue weighted by Gasteiger charge is -2.12. The van der Waals surface area contributed by atoms with E-state index in [0.29, 0.717) is 41.2 Å². The molecule has 31 heavy (non-hydrogen) atoms. The van der Waals surface area contributed by atoms with E-state index in [1.165, 1.54) is 12.1 Å². The van der Waals surface area contributed by atoms with Crippen LogP contribution in [0.4, 0.5) is 23.2 Å². The Kier molecular flexibility index (Phi) is 5.95. The second-order valence-electron chi connectivity index (χ2n) is 6.52. The number of nitrogen functional groups attached to an aromatic ring is 1. The molecule has 0 saturated carbocycles. The quantitative estimate of drug-likeness (QED) is 0.459. The average Bonchev–Trinajstić information content (AvgIpc) is 3.06. The van der Waals surface area contributed by atoms with Gasteiger partial charge >= 0.3 is 12.1 Å². The summed E-state index contributed by atoms with van der Waals surface area (Å²) >= 11 is 0. The highest BCUT2D eigenvalue weighted by Gasteiger charge is 2.38. The maximum atomic E-state index is 13.4. The van der Waals surface area contributed by atoms with Gasteiger partial charge in [-0.1, -0.05) is 12.1 Å². The van der Waals surface area contributed by atoms with Crippen LogP contribution in [-0.2, 0) is 11.2 Å². The zero-order chi connectivity index (χ0) is 22.8. The van der Waals surface area contributed by atoms with E-state index in [0.717, 1.165) is 11.3 Å². The molecule has 1 aliphatic rings. The number of alkyl halides is 3. The summed E-state index contributed by atoms with van der Waals surface area (Å²) in [5, 5.41) is 9.92. The predicted octanol–water partition coefficient (Wildman–Crippen LogP) is 3.38. The van der Waals surface area contributed by atoms with Gasteiger partial charge in [0, 0.05) is 36.0 Å². The Morgan fingerprint density at radius 1 is 1.16 bits per heavy atom. The number of benzene rings is 1. The van der Waals surface area contributed by atoms with Gasteiger partial charge in [-0.05, 0) is 24.3 Å². The monoisotopic (exact) mass is 436 g/mol. The molecule has 7 nitrogen and oxygen atoms in total. The summed E-state index contributed by atoms with van der Waals surface area (Å²) in [6.45, 7) is 0.593. The fourth-order valence-electron chi connectivity index (χ4n) is 3.02. The van der Waals surface area contributed by atoms with Crippen molar-refractivity contribution >= 4 is 17.6 Å². The highest BCUT2D eigenvalue weighted by atomic mass is 19.4. The number of carboxylic acids is 1. The van der Waals surface area contributed by atoms with Gasteiger partial charge in [0.1, 0.15) is 5.82 Å². The first-order valence-corrected chi connectivity index (χ1v) is 8.89. The molecule has 0 radical (unpaired) electrons. The first kappa shape index (κ1) is 21.8.